The van der Waals surface area contributed by atoms with Gasteiger partial charge >= 0.3 is 5.97 Å². The number of hydrogen-bond acceptors (Lipinski definition) is 2. The first-order valence-electron chi connectivity index (χ1n) is 5.60. The molecule has 1 amide bonds. The van der Waals surface area contributed by atoms with Crippen molar-refractivity contribution >= 4 is 17.6 Å². The van der Waals surface area contributed by atoms with E-state index in [9.17, 15) is 14.0 Å². The van der Waals surface area contributed by atoms with Crippen LogP contribution in [-0.4, -0.2) is 17.0 Å². The molecule has 2 rings (SSSR count). The zero-order chi connectivity index (χ0) is 13.1. The van der Waals surface area contributed by atoms with Gasteiger partial charge in [0.2, 0.25) is 5.91 Å². The summed E-state index contributed by atoms with van der Waals surface area (Å²) >= 11 is 0. The van der Waals surface area contributed by atoms with Crippen molar-refractivity contribution in [3.8, 4) is 0 Å². The van der Waals surface area contributed by atoms with Crippen molar-refractivity contribution in [2.45, 2.75) is 19.3 Å². The number of halogens is 1. The van der Waals surface area contributed by atoms with Crippen molar-refractivity contribution < 1.29 is 19.1 Å². The maximum absolute atomic E-state index is 12.8. The third kappa shape index (κ3) is 2.56. The van der Waals surface area contributed by atoms with Gasteiger partial charge in [0, 0.05) is 23.9 Å². The number of hydrogen-bond donors (Lipinski definition) is 1. The number of rotatable bonds is 2. The molecule has 0 bridgehead atoms. The van der Waals surface area contributed by atoms with Crippen molar-refractivity contribution in [1.82, 2.24) is 0 Å². The van der Waals surface area contributed by atoms with Gasteiger partial charge in [-0.05, 0) is 37.1 Å². The summed E-state index contributed by atoms with van der Waals surface area (Å²) in [5, 5.41) is 8.79. The molecule has 1 heterocycles. The molecule has 1 N–H and O–H groups in total. The van der Waals surface area contributed by atoms with Crippen LogP contribution in [0.3, 0.4) is 0 Å². The van der Waals surface area contributed by atoms with E-state index in [-0.39, 0.29) is 5.91 Å². The number of carboxylic acids is 1. The predicted octanol–water partition coefficient (Wildman–Crippen LogP) is 2.31. The molecular formula is C13H12FNO3. The Morgan fingerprint density at radius 2 is 1.94 bits per heavy atom. The summed E-state index contributed by atoms with van der Waals surface area (Å²) in [6.45, 7) is 0. The van der Waals surface area contributed by atoms with Crippen LogP contribution in [0.5, 0.6) is 0 Å². The SMILES string of the molecule is O=C(O)C=C1CCCC(=O)N1c1ccc(F)cc1. The number of nitrogens with zero attached hydrogens (tertiary/aromatic N) is 1. The summed E-state index contributed by atoms with van der Waals surface area (Å²) in [6, 6.07) is 5.42. The fourth-order valence-corrected chi connectivity index (χ4v) is 1.98. The van der Waals surface area contributed by atoms with Crippen molar-refractivity contribution in [1.29, 1.82) is 0 Å². The molecule has 1 aliphatic heterocycles. The van der Waals surface area contributed by atoms with Gasteiger partial charge in [-0.15, -0.1) is 0 Å². The molecule has 0 radical (unpaired) electrons. The lowest BCUT2D eigenvalue weighted by molar-refractivity contribution is -0.131. The van der Waals surface area contributed by atoms with Crippen LogP contribution in [0.2, 0.25) is 0 Å². The van der Waals surface area contributed by atoms with Gasteiger partial charge in [-0.3, -0.25) is 9.69 Å². The van der Waals surface area contributed by atoms with E-state index in [1.54, 1.807) is 0 Å². The summed E-state index contributed by atoms with van der Waals surface area (Å²) < 4.78 is 12.8. The average molecular weight is 249 g/mol. The largest absolute Gasteiger partial charge is 0.478 e. The van der Waals surface area contributed by atoms with Gasteiger partial charge in [-0.2, -0.15) is 0 Å². The highest BCUT2D eigenvalue weighted by atomic mass is 19.1. The third-order valence-corrected chi connectivity index (χ3v) is 2.74. The van der Waals surface area contributed by atoms with Crippen molar-refractivity contribution in [2.24, 2.45) is 0 Å². The fraction of sp³-hybridized carbons (Fsp3) is 0.231. The third-order valence-electron chi connectivity index (χ3n) is 2.74. The van der Waals surface area contributed by atoms with E-state index < -0.39 is 11.8 Å². The molecule has 0 saturated carbocycles. The Labute approximate surface area is 103 Å². The van der Waals surface area contributed by atoms with Gasteiger partial charge in [-0.25, -0.2) is 9.18 Å². The summed E-state index contributed by atoms with van der Waals surface area (Å²) in [7, 11) is 0. The van der Waals surface area contributed by atoms with Crippen molar-refractivity contribution in [2.75, 3.05) is 4.90 Å². The van der Waals surface area contributed by atoms with E-state index in [2.05, 4.69) is 0 Å². The zero-order valence-electron chi connectivity index (χ0n) is 9.60. The molecular weight excluding hydrogens is 237 g/mol. The number of anilines is 1. The van der Waals surface area contributed by atoms with Crippen LogP contribution >= 0.6 is 0 Å². The van der Waals surface area contributed by atoms with E-state index in [0.717, 1.165) is 6.08 Å². The quantitative estimate of drug-likeness (QED) is 0.818. The maximum atomic E-state index is 12.8. The van der Waals surface area contributed by atoms with Crippen molar-refractivity contribution in [3.05, 3.63) is 41.9 Å². The second kappa shape index (κ2) is 5.00. The Morgan fingerprint density at radius 3 is 2.56 bits per heavy atom. The van der Waals surface area contributed by atoms with Crippen LogP contribution in [0.1, 0.15) is 19.3 Å². The molecule has 5 heteroatoms. The first-order valence-corrected chi connectivity index (χ1v) is 5.60. The lowest BCUT2D eigenvalue weighted by atomic mass is 10.0. The number of piperidine rings is 1. The van der Waals surface area contributed by atoms with E-state index in [0.29, 0.717) is 30.6 Å². The Hall–Kier alpha value is -2.17. The normalized spacial score (nSPS) is 18.2. The molecule has 1 aromatic carbocycles. The number of carbonyl (C=O) groups excluding carboxylic acids is 1. The molecule has 94 valence electrons. The van der Waals surface area contributed by atoms with Gasteiger partial charge in [0.15, 0.2) is 0 Å². The minimum absolute atomic E-state index is 0.166. The number of aliphatic carboxylic acids is 1. The second-order valence-corrected chi connectivity index (χ2v) is 4.03. The highest BCUT2D eigenvalue weighted by Gasteiger charge is 2.25. The highest BCUT2D eigenvalue weighted by Crippen LogP contribution is 2.28. The number of carboxylic acid groups (broad SMARTS) is 1. The molecule has 0 unspecified atom stereocenters. The Morgan fingerprint density at radius 1 is 1.28 bits per heavy atom. The molecule has 0 aliphatic carbocycles. The fourth-order valence-electron chi connectivity index (χ4n) is 1.98. The van der Waals surface area contributed by atoms with E-state index in [1.807, 2.05) is 0 Å². The summed E-state index contributed by atoms with van der Waals surface area (Å²) in [5.41, 5.74) is 0.930. The average Bonchev–Trinajstić information content (AvgIpc) is 2.30. The number of benzene rings is 1. The second-order valence-electron chi connectivity index (χ2n) is 4.03. The van der Waals surface area contributed by atoms with E-state index in [1.165, 1.54) is 29.2 Å². The van der Waals surface area contributed by atoms with Crippen LogP contribution in [0.25, 0.3) is 0 Å². The van der Waals surface area contributed by atoms with Crippen LogP contribution in [0.4, 0.5) is 10.1 Å². The van der Waals surface area contributed by atoms with E-state index >= 15 is 0 Å². The van der Waals surface area contributed by atoms with Gasteiger partial charge in [-0.1, -0.05) is 0 Å². The van der Waals surface area contributed by atoms with Gasteiger partial charge in [0.05, 0.1) is 0 Å². The predicted molar refractivity (Wildman–Crippen MR) is 63.5 cm³/mol. The molecule has 1 aromatic rings. The molecule has 1 fully saturated rings. The summed E-state index contributed by atoms with van der Waals surface area (Å²) in [6.07, 6.45) is 2.56. The van der Waals surface area contributed by atoms with Crippen molar-refractivity contribution in [3.63, 3.8) is 0 Å². The van der Waals surface area contributed by atoms with Gasteiger partial charge in [0.25, 0.3) is 0 Å². The van der Waals surface area contributed by atoms with Crippen LogP contribution < -0.4 is 4.90 Å². The zero-order valence-corrected chi connectivity index (χ0v) is 9.60. The number of allylic oxidation sites excluding steroid dienone is 1. The van der Waals surface area contributed by atoms with Gasteiger partial charge < -0.3 is 5.11 Å². The van der Waals surface area contributed by atoms with E-state index in [4.69, 9.17) is 5.11 Å². The smallest absolute Gasteiger partial charge is 0.330 e. The first kappa shape index (κ1) is 12.3. The standard InChI is InChI=1S/C13H12FNO3/c14-9-4-6-10(7-5-9)15-11(8-13(17)18)2-1-3-12(15)16/h4-8H,1-3H2,(H,17,18). The number of carbonyl (C=O) groups is 2. The minimum atomic E-state index is -1.09. The highest BCUT2D eigenvalue weighted by molar-refractivity contribution is 5.99. The first-order chi connectivity index (χ1) is 8.58. The Bertz CT molecular complexity index is 507. The molecule has 0 atom stereocenters. The Balaban J connectivity index is 2.39. The maximum Gasteiger partial charge on any atom is 0.330 e. The molecule has 4 nitrogen and oxygen atoms in total. The van der Waals surface area contributed by atoms with Crippen LogP contribution in [0.15, 0.2) is 36.0 Å². The summed E-state index contributed by atoms with van der Waals surface area (Å²) in [4.78, 5) is 23.9. The minimum Gasteiger partial charge on any atom is -0.478 e. The van der Waals surface area contributed by atoms with Gasteiger partial charge in [0.1, 0.15) is 5.82 Å². The summed E-state index contributed by atoms with van der Waals surface area (Å²) in [5.74, 6) is -1.65. The lowest BCUT2D eigenvalue weighted by Gasteiger charge is -2.29. The lowest BCUT2D eigenvalue weighted by Crippen LogP contribution is -2.34. The monoisotopic (exact) mass is 249 g/mol. The molecule has 0 aromatic heterocycles. The molecule has 18 heavy (non-hydrogen) atoms. The molecule has 1 aliphatic rings. The number of amides is 1. The topological polar surface area (TPSA) is 57.6 Å². The Kier molecular flexibility index (Phi) is 3.41. The van der Waals surface area contributed by atoms with Crippen LogP contribution in [0, 0.1) is 5.82 Å². The molecule has 1 saturated heterocycles. The van der Waals surface area contributed by atoms with Crippen LogP contribution in [-0.2, 0) is 9.59 Å². The molecule has 0 spiro atoms.